The second-order valence-electron chi connectivity index (χ2n) is 6.70. The average Bonchev–Trinajstić information content (AvgIpc) is 3.02. The van der Waals surface area contributed by atoms with Crippen molar-refractivity contribution in [3.05, 3.63) is 42.2 Å². The Balaban J connectivity index is 1.56. The number of halogens is 2. The summed E-state index contributed by atoms with van der Waals surface area (Å²) in [5, 5.41) is 10.1. The lowest BCUT2D eigenvalue weighted by atomic mass is 10.0. The highest BCUT2D eigenvalue weighted by atomic mass is 19.1. The summed E-state index contributed by atoms with van der Waals surface area (Å²) in [6.45, 7) is 1.69. The van der Waals surface area contributed by atoms with Crippen LogP contribution < -0.4 is 5.32 Å². The fraction of sp³-hybridized carbons (Fsp3) is 0.222. The van der Waals surface area contributed by atoms with Crippen LogP contribution in [0.2, 0.25) is 0 Å². The van der Waals surface area contributed by atoms with E-state index in [9.17, 15) is 13.6 Å². The van der Waals surface area contributed by atoms with Crippen LogP contribution in [0.5, 0.6) is 0 Å². The van der Waals surface area contributed by atoms with Gasteiger partial charge in [0.15, 0.2) is 11.5 Å². The number of carbonyl (C=O) groups is 1. The molecule has 0 saturated heterocycles. The van der Waals surface area contributed by atoms with E-state index >= 15 is 0 Å². The Kier molecular flexibility index (Phi) is 3.27. The maximum Gasteiger partial charge on any atom is 0.231 e. The van der Waals surface area contributed by atoms with Gasteiger partial charge in [-0.2, -0.15) is 5.10 Å². The molecule has 0 spiro atoms. The zero-order valence-electron chi connectivity index (χ0n) is 14.2. The number of nitrogens with zero attached hydrogens (tertiary/aromatic N) is 4. The molecule has 1 aromatic carbocycles. The second kappa shape index (κ2) is 5.57. The van der Waals surface area contributed by atoms with Crippen LogP contribution in [-0.4, -0.2) is 36.6 Å². The molecule has 2 unspecified atom stereocenters. The minimum absolute atomic E-state index is 0.254. The van der Waals surface area contributed by atoms with Gasteiger partial charge in [-0.15, -0.1) is 0 Å². The molecule has 0 bridgehead atoms. The molecule has 9 heteroatoms. The lowest BCUT2D eigenvalue weighted by molar-refractivity contribution is -0.117. The standard InChI is InChI=1S/C18H14F2N6O/c1-8-11(19)3-13-10(4-22-25-13)17(8)14-6-26-7-15(23-16(26)5-21-14)24-18(27)9-2-12(9)20/h3-7,9,12H,2H2,1H3,(H,22,25)(H,24,27). The number of carbonyl (C=O) groups excluding carboxylic acids is 1. The fourth-order valence-electron chi connectivity index (χ4n) is 3.23. The predicted octanol–water partition coefficient (Wildman–Crippen LogP) is 3.02. The smallest absolute Gasteiger partial charge is 0.231 e. The van der Waals surface area contributed by atoms with E-state index < -0.39 is 12.1 Å². The number of fused-ring (bicyclic) bond motifs is 2. The summed E-state index contributed by atoms with van der Waals surface area (Å²) >= 11 is 0. The lowest BCUT2D eigenvalue weighted by Gasteiger charge is -2.08. The molecule has 136 valence electrons. The van der Waals surface area contributed by atoms with E-state index in [0.717, 1.165) is 5.39 Å². The SMILES string of the molecule is Cc1c(F)cc2[nH]ncc2c1-c1cn2cc(NC(=O)C3CC3F)nc2cn1. The molecule has 27 heavy (non-hydrogen) atoms. The van der Waals surface area contributed by atoms with Crippen LogP contribution >= 0.6 is 0 Å². The topological polar surface area (TPSA) is 88.0 Å². The van der Waals surface area contributed by atoms with Crippen molar-refractivity contribution < 1.29 is 13.6 Å². The third kappa shape index (κ3) is 2.54. The first-order valence-corrected chi connectivity index (χ1v) is 8.43. The largest absolute Gasteiger partial charge is 0.309 e. The van der Waals surface area contributed by atoms with Crippen LogP contribution in [0.1, 0.15) is 12.0 Å². The highest BCUT2D eigenvalue weighted by Crippen LogP contribution is 2.35. The van der Waals surface area contributed by atoms with E-state index in [0.29, 0.717) is 33.8 Å². The number of benzene rings is 1. The summed E-state index contributed by atoms with van der Waals surface area (Å²) in [5.74, 6) is -0.997. The first kappa shape index (κ1) is 15.9. The number of aromatic nitrogens is 5. The van der Waals surface area contributed by atoms with E-state index in [-0.39, 0.29) is 18.1 Å². The zero-order valence-corrected chi connectivity index (χ0v) is 14.2. The molecule has 0 aliphatic heterocycles. The van der Waals surface area contributed by atoms with Gasteiger partial charge < -0.3 is 9.72 Å². The second-order valence-corrected chi connectivity index (χ2v) is 6.70. The monoisotopic (exact) mass is 368 g/mol. The number of H-pyrrole nitrogens is 1. The molecule has 4 aromatic rings. The van der Waals surface area contributed by atoms with Crippen molar-refractivity contribution in [2.24, 2.45) is 5.92 Å². The summed E-state index contributed by atoms with van der Waals surface area (Å²) in [7, 11) is 0. The third-order valence-electron chi connectivity index (χ3n) is 4.84. The Hall–Kier alpha value is -3.36. The summed E-state index contributed by atoms with van der Waals surface area (Å²) in [5.41, 5.74) is 2.75. The van der Waals surface area contributed by atoms with E-state index in [1.165, 1.54) is 12.3 Å². The molecular weight excluding hydrogens is 354 g/mol. The molecule has 0 radical (unpaired) electrons. The number of hydrogen-bond donors (Lipinski definition) is 2. The summed E-state index contributed by atoms with van der Waals surface area (Å²) in [4.78, 5) is 20.5. The highest BCUT2D eigenvalue weighted by Gasteiger charge is 2.43. The lowest BCUT2D eigenvalue weighted by Crippen LogP contribution is -2.15. The third-order valence-corrected chi connectivity index (χ3v) is 4.84. The number of aromatic amines is 1. The highest BCUT2D eigenvalue weighted by molar-refractivity contribution is 5.96. The number of nitrogens with one attached hydrogen (secondary N) is 2. The van der Waals surface area contributed by atoms with E-state index in [2.05, 4.69) is 25.5 Å². The van der Waals surface area contributed by atoms with Gasteiger partial charge >= 0.3 is 0 Å². The number of anilines is 1. The fourth-order valence-corrected chi connectivity index (χ4v) is 3.23. The van der Waals surface area contributed by atoms with Gasteiger partial charge in [-0.25, -0.2) is 13.8 Å². The van der Waals surface area contributed by atoms with Gasteiger partial charge in [0.1, 0.15) is 12.0 Å². The minimum atomic E-state index is -1.07. The first-order valence-electron chi connectivity index (χ1n) is 8.43. The van der Waals surface area contributed by atoms with Gasteiger partial charge in [-0.1, -0.05) is 0 Å². The Labute approximate surface area is 151 Å². The summed E-state index contributed by atoms with van der Waals surface area (Å²) < 4.78 is 29.0. The minimum Gasteiger partial charge on any atom is -0.309 e. The van der Waals surface area contributed by atoms with Gasteiger partial charge in [0.05, 0.1) is 35.7 Å². The van der Waals surface area contributed by atoms with Crippen LogP contribution in [0.25, 0.3) is 27.8 Å². The van der Waals surface area contributed by atoms with Crippen molar-refractivity contribution in [2.45, 2.75) is 19.5 Å². The molecule has 2 N–H and O–H groups in total. The van der Waals surface area contributed by atoms with E-state index in [1.807, 2.05) is 0 Å². The average molecular weight is 368 g/mol. The van der Waals surface area contributed by atoms with Crippen molar-refractivity contribution in [2.75, 3.05) is 5.32 Å². The number of hydrogen-bond acceptors (Lipinski definition) is 4. The molecule has 1 saturated carbocycles. The maximum absolute atomic E-state index is 14.3. The van der Waals surface area contributed by atoms with Crippen molar-refractivity contribution in [3.63, 3.8) is 0 Å². The Morgan fingerprint density at radius 3 is 2.96 bits per heavy atom. The van der Waals surface area contributed by atoms with Gasteiger partial charge in [0, 0.05) is 17.1 Å². The molecule has 3 heterocycles. The van der Waals surface area contributed by atoms with Crippen molar-refractivity contribution in [1.29, 1.82) is 0 Å². The van der Waals surface area contributed by atoms with Gasteiger partial charge in [-0.3, -0.25) is 14.9 Å². The summed E-state index contributed by atoms with van der Waals surface area (Å²) in [6, 6.07) is 1.40. The molecule has 1 fully saturated rings. The van der Waals surface area contributed by atoms with Gasteiger partial charge in [0.2, 0.25) is 5.91 Å². The number of rotatable bonds is 3. The summed E-state index contributed by atoms with van der Waals surface area (Å²) in [6.07, 6.45) is 5.69. The van der Waals surface area contributed by atoms with Gasteiger partial charge in [0.25, 0.3) is 0 Å². The van der Waals surface area contributed by atoms with Gasteiger partial charge in [-0.05, 0) is 25.0 Å². The van der Waals surface area contributed by atoms with Crippen LogP contribution in [0.15, 0.2) is 30.9 Å². The van der Waals surface area contributed by atoms with Crippen LogP contribution in [-0.2, 0) is 4.79 Å². The molecular formula is C18H14F2N6O. The van der Waals surface area contributed by atoms with Crippen molar-refractivity contribution >= 4 is 28.3 Å². The Morgan fingerprint density at radius 2 is 2.19 bits per heavy atom. The molecule has 5 rings (SSSR count). The number of imidazole rings is 1. The molecule has 7 nitrogen and oxygen atoms in total. The predicted molar refractivity (Wildman–Crippen MR) is 94.4 cm³/mol. The molecule has 3 aromatic heterocycles. The Bertz CT molecular complexity index is 1210. The quantitative estimate of drug-likeness (QED) is 0.582. The zero-order chi connectivity index (χ0) is 18.7. The van der Waals surface area contributed by atoms with Crippen LogP contribution in [0, 0.1) is 18.7 Å². The normalized spacial score (nSPS) is 18.9. The number of amides is 1. The van der Waals surface area contributed by atoms with Crippen molar-refractivity contribution in [3.8, 4) is 11.3 Å². The number of alkyl halides is 1. The maximum atomic E-state index is 14.3. The molecule has 1 amide bonds. The van der Waals surface area contributed by atoms with E-state index in [1.54, 1.807) is 29.9 Å². The molecule has 2 atom stereocenters. The van der Waals surface area contributed by atoms with Crippen LogP contribution in [0.4, 0.5) is 14.6 Å². The van der Waals surface area contributed by atoms with E-state index in [4.69, 9.17) is 0 Å². The van der Waals surface area contributed by atoms with Crippen LogP contribution in [0.3, 0.4) is 0 Å². The first-order chi connectivity index (χ1) is 13.0. The molecule has 1 aliphatic rings. The Morgan fingerprint density at radius 1 is 1.37 bits per heavy atom. The van der Waals surface area contributed by atoms with Crippen molar-refractivity contribution in [1.82, 2.24) is 24.6 Å². The molecule has 1 aliphatic carbocycles.